The van der Waals surface area contributed by atoms with Crippen LogP contribution in [-0.4, -0.2) is 27.2 Å². The normalized spacial score (nSPS) is 11.0. The Labute approximate surface area is 152 Å². The zero-order valence-corrected chi connectivity index (χ0v) is 15.2. The maximum atomic E-state index is 13.0. The van der Waals surface area contributed by atoms with Crippen molar-refractivity contribution >= 4 is 21.6 Å². The van der Waals surface area contributed by atoms with Gasteiger partial charge in [-0.25, -0.2) is 12.8 Å². The lowest BCUT2D eigenvalue weighted by Gasteiger charge is -2.11. The third-order valence-electron chi connectivity index (χ3n) is 3.40. The maximum absolute atomic E-state index is 13.0. The number of rotatable bonds is 9. The van der Waals surface area contributed by atoms with E-state index in [-0.39, 0.29) is 24.7 Å². The van der Waals surface area contributed by atoms with Gasteiger partial charge in [-0.3, -0.25) is 9.52 Å². The fourth-order valence-electron chi connectivity index (χ4n) is 2.24. The van der Waals surface area contributed by atoms with Crippen LogP contribution in [0.2, 0.25) is 0 Å². The molecule has 1 amide bonds. The number of benzene rings is 2. The van der Waals surface area contributed by atoms with E-state index in [0.29, 0.717) is 30.0 Å². The van der Waals surface area contributed by atoms with E-state index in [1.54, 1.807) is 36.4 Å². The fraction of sp³-hybridized carbons (Fsp3) is 0.278. The molecule has 0 saturated heterocycles. The van der Waals surface area contributed by atoms with E-state index < -0.39 is 10.0 Å². The van der Waals surface area contributed by atoms with Gasteiger partial charge in [-0.05, 0) is 30.2 Å². The molecule has 0 aliphatic heterocycles. The second-order valence-electron chi connectivity index (χ2n) is 5.72. The van der Waals surface area contributed by atoms with Crippen LogP contribution >= 0.6 is 0 Å². The van der Waals surface area contributed by atoms with Crippen LogP contribution < -0.4 is 14.8 Å². The molecule has 0 atom stereocenters. The van der Waals surface area contributed by atoms with Crippen molar-refractivity contribution in [2.75, 3.05) is 17.6 Å². The van der Waals surface area contributed by atoms with Crippen molar-refractivity contribution in [3.63, 3.8) is 0 Å². The van der Waals surface area contributed by atoms with E-state index in [9.17, 15) is 17.6 Å². The van der Waals surface area contributed by atoms with E-state index in [2.05, 4.69) is 10.0 Å². The smallest absolute Gasteiger partial charge is 0.229 e. The highest BCUT2D eigenvalue weighted by Gasteiger charge is 2.08. The Morgan fingerprint density at radius 3 is 2.65 bits per heavy atom. The van der Waals surface area contributed by atoms with Crippen LogP contribution in [0.15, 0.2) is 48.5 Å². The van der Waals surface area contributed by atoms with Crippen LogP contribution in [0.5, 0.6) is 5.75 Å². The highest BCUT2D eigenvalue weighted by molar-refractivity contribution is 7.92. The lowest BCUT2D eigenvalue weighted by atomic mass is 10.2. The number of nitrogens with one attached hydrogen (secondary N) is 2. The predicted molar refractivity (Wildman–Crippen MR) is 97.9 cm³/mol. The molecule has 2 rings (SSSR count). The maximum Gasteiger partial charge on any atom is 0.229 e. The molecule has 26 heavy (non-hydrogen) atoms. The molecule has 2 aromatic rings. The second kappa shape index (κ2) is 9.19. The van der Waals surface area contributed by atoms with E-state index >= 15 is 0 Å². The quantitative estimate of drug-likeness (QED) is 0.655. The molecule has 0 heterocycles. The van der Waals surface area contributed by atoms with Gasteiger partial charge in [0, 0.05) is 19.0 Å². The van der Waals surface area contributed by atoms with Gasteiger partial charge in [-0.2, -0.15) is 0 Å². The molecule has 2 N–H and O–H groups in total. The van der Waals surface area contributed by atoms with Gasteiger partial charge in [-0.15, -0.1) is 0 Å². The number of anilines is 1. The molecule has 0 unspecified atom stereocenters. The predicted octanol–water partition coefficient (Wildman–Crippen LogP) is 2.67. The number of amides is 1. The topological polar surface area (TPSA) is 84.5 Å². The summed E-state index contributed by atoms with van der Waals surface area (Å²) >= 11 is 0. The van der Waals surface area contributed by atoms with E-state index in [1.165, 1.54) is 12.1 Å². The molecule has 0 spiro atoms. The summed E-state index contributed by atoms with van der Waals surface area (Å²) in [5.74, 6) is -0.130. The number of carbonyl (C=O) groups excluding carboxylic acids is 1. The lowest BCUT2D eigenvalue weighted by molar-refractivity contribution is -0.121. The first kappa shape index (κ1) is 19.7. The van der Waals surface area contributed by atoms with E-state index in [0.717, 1.165) is 6.26 Å². The molecule has 0 radical (unpaired) electrons. The summed E-state index contributed by atoms with van der Waals surface area (Å²) in [6.45, 7) is 0.505. The number of carbonyl (C=O) groups is 1. The summed E-state index contributed by atoms with van der Waals surface area (Å²) in [5, 5.41) is 2.74. The SMILES string of the molecule is CS(=O)(=O)Nc1ccccc1CNC(=O)CCCOc1cccc(F)c1. The average Bonchev–Trinajstić information content (AvgIpc) is 2.57. The first-order valence-corrected chi connectivity index (χ1v) is 9.93. The minimum atomic E-state index is -3.39. The van der Waals surface area contributed by atoms with Crippen molar-refractivity contribution in [3.05, 3.63) is 59.9 Å². The Morgan fingerprint density at radius 2 is 1.92 bits per heavy atom. The van der Waals surface area contributed by atoms with Crippen LogP contribution in [0.4, 0.5) is 10.1 Å². The van der Waals surface area contributed by atoms with Crippen molar-refractivity contribution < 1.29 is 22.3 Å². The molecule has 0 aliphatic rings. The molecule has 0 saturated carbocycles. The summed E-state index contributed by atoms with van der Waals surface area (Å²) in [6.07, 6.45) is 1.80. The zero-order valence-electron chi connectivity index (χ0n) is 14.4. The van der Waals surface area contributed by atoms with Gasteiger partial charge in [0.05, 0.1) is 18.6 Å². The molecule has 0 aromatic heterocycles. The third kappa shape index (κ3) is 7.10. The Hall–Kier alpha value is -2.61. The van der Waals surface area contributed by atoms with Gasteiger partial charge in [-0.1, -0.05) is 24.3 Å². The largest absolute Gasteiger partial charge is 0.493 e. The molecule has 0 fully saturated rings. The summed E-state index contributed by atoms with van der Waals surface area (Å²) in [4.78, 5) is 11.9. The van der Waals surface area contributed by atoms with Crippen molar-refractivity contribution in [1.29, 1.82) is 0 Å². The third-order valence-corrected chi connectivity index (χ3v) is 3.99. The number of hydrogen-bond donors (Lipinski definition) is 2. The highest BCUT2D eigenvalue weighted by Crippen LogP contribution is 2.16. The molecule has 6 nitrogen and oxygen atoms in total. The van der Waals surface area contributed by atoms with Crippen molar-refractivity contribution in [2.45, 2.75) is 19.4 Å². The summed E-state index contributed by atoms with van der Waals surface area (Å²) < 4.78 is 43.5. The number of para-hydroxylation sites is 1. The van der Waals surface area contributed by atoms with Gasteiger partial charge in [0.25, 0.3) is 0 Å². The molecule has 2 aromatic carbocycles. The lowest BCUT2D eigenvalue weighted by Crippen LogP contribution is -2.24. The Morgan fingerprint density at radius 1 is 1.15 bits per heavy atom. The molecule has 0 aliphatic carbocycles. The van der Waals surface area contributed by atoms with Gasteiger partial charge in [0.1, 0.15) is 11.6 Å². The van der Waals surface area contributed by atoms with Crippen molar-refractivity contribution in [1.82, 2.24) is 5.32 Å². The summed E-state index contributed by atoms with van der Waals surface area (Å²) in [6, 6.07) is 12.7. The second-order valence-corrected chi connectivity index (χ2v) is 7.47. The van der Waals surface area contributed by atoms with Crippen LogP contribution in [0.1, 0.15) is 18.4 Å². The van der Waals surface area contributed by atoms with Crippen LogP contribution in [0.25, 0.3) is 0 Å². The average molecular weight is 380 g/mol. The summed E-state index contributed by atoms with van der Waals surface area (Å²) in [7, 11) is -3.39. The first-order valence-electron chi connectivity index (χ1n) is 8.04. The zero-order chi connectivity index (χ0) is 19.0. The number of hydrogen-bond acceptors (Lipinski definition) is 4. The molecular weight excluding hydrogens is 359 g/mol. The number of sulfonamides is 1. The number of halogens is 1. The van der Waals surface area contributed by atoms with Crippen LogP contribution in [0.3, 0.4) is 0 Å². The van der Waals surface area contributed by atoms with Gasteiger partial charge >= 0.3 is 0 Å². The molecule has 0 bridgehead atoms. The number of ether oxygens (including phenoxy) is 1. The van der Waals surface area contributed by atoms with Gasteiger partial charge in [0.2, 0.25) is 15.9 Å². The minimum absolute atomic E-state index is 0.179. The standard InChI is InChI=1S/C18H21FN2O4S/c1-26(23,24)21-17-9-3-2-6-14(17)13-20-18(22)10-5-11-25-16-8-4-7-15(19)12-16/h2-4,6-9,12,21H,5,10-11,13H2,1H3,(H,20,22). The van der Waals surface area contributed by atoms with Gasteiger partial charge < -0.3 is 10.1 Å². The Balaban J connectivity index is 1.75. The first-order chi connectivity index (χ1) is 12.3. The molecule has 140 valence electrons. The molecular formula is C18H21FN2O4S. The monoisotopic (exact) mass is 380 g/mol. The van der Waals surface area contributed by atoms with Crippen molar-refractivity contribution in [2.24, 2.45) is 0 Å². The van der Waals surface area contributed by atoms with Gasteiger partial charge in [0.15, 0.2) is 0 Å². The Kier molecular flexibility index (Phi) is 6.97. The highest BCUT2D eigenvalue weighted by atomic mass is 32.2. The summed E-state index contributed by atoms with van der Waals surface area (Å²) in [5.41, 5.74) is 1.10. The molecule has 8 heteroatoms. The fourth-order valence-corrected chi connectivity index (χ4v) is 2.83. The van der Waals surface area contributed by atoms with Crippen molar-refractivity contribution in [3.8, 4) is 5.75 Å². The van der Waals surface area contributed by atoms with Crippen LogP contribution in [-0.2, 0) is 21.4 Å². The van der Waals surface area contributed by atoms with Crippen LogP contribution in [0, 0.1) is 5.82 Å². The van der Waals surface area contributed by atoms with E-state index in [1.807, 2.05) is 0 Å². The van der Waals surface area contributed by atoms with E-state index in [4.69, 9.17) is 4.74 Å². The minimum Gasteiger partial charge on any atom is -0.493 e. The Bertz CT molecular complexity index is 856.